The van der Waals surface area contributed by atoms with Crippen molar-refractivity contribution in [3.8, 4) is 5.75 Å². The monoisotopic (exact) mass is 445 g/mol. The van der Waals surface area contributed by atoms with E-state index >= 15 is 0 Å². The summed E-state index contributed by atoms with van der Waals surface area (Å²) >= 11 is 0. The number of benzene rings is 1. The number of aromatic hydroxyl groups is 1. The molecule has 1 unspecified atom stereocenters. The van der Waals surface area contributed by atoms with Crippen molar-refractivity contribution < 1.29 is 28.2 Å². The predicted molar refractivity (Wildman–Crippen MR) is 107 cm³/mol. The molecule has 5 rings (SSSR count). The minimum Gasteiger partial charge on any atom is -0.503 e. The van der Waals surface area contributed by atoms with E-state index in [9.17, 15) is 28.3 Å². The third-order valence-electron chi connectivity index (χ3n) is 6.56. The van der Waals surface area contributed by atoms with Crippen LogP contribution >= 0.6 is 0 Å². The first-order valence-corrected chi connectivity index (χ1v) is 10.4. The smallest absolute Gasteiger partial charge is 0.276 e. The fourth-order valence-electron chi connectivity index (χ4n) is 4.93. The molecule has 2 amide bonds. The van der Waals surface area contributed by atoms with Crippen LogP contribution in [0.2, 0.25) is 0 Å². The van der Waals surface area contributed by atoms with Crippen molar-refractivity contribution in [1.82, 2.24) is 14.8 Å². The number of carbonyl (C=O) groups is 2. The summed E-state index contributed by atoms with van der Waals surface area (Å²) in [5.41, 5.74) is -1.51. The summed E-state index contributed by atoms with van der Waals surface area (Å²) in [4.78, 5) is 40.0. The molecule has 2 bridgehead atoms. The molecule has 2 N–H and O–H groups in total. The van der Waals surface area contributed by atoms with Gasteiger partial charge >= 0.3 is 0 Å². The first kappa shape index (κ1) is 20.6. The lowest BCUT2D eigenvalue weighted by Gasteiger charge is -2.44. The van der Waals surface area contributed by atoms with Crippen LogP contribution in [0.25, 0.3) is 0 Å². The van der Waals surface area contributed by atoms with Gasteiger partial charge in [0.15, 0.2) is 17.7 Å². The minimum atomic E-state index is -0.990. The third-order valence-corrected chi connectivity index (χ3v) is 6.56. The van der Waals surface area contributed by atoms with Crippen molar-refractivity contribution >= 4 is 11.8 Å². The van der Waals surface area contributed by atoms with Crippen molar-refractivity contribution in [2.75, 3.05) is 0 Å². The molecule has 1 aromatic carbocycles. The quantitative estimate of drug-likeness (QED) is 0.750. The summed E-state index contributed by atoms with van der Waals surface area (Å²) in [5, 5.41) is 12.9. The average molecular weight is 445 g/mol. The van der Waals surface area contributed by atoms with E-state index in [0.29, 0.717) is 12.0 Å². The summed E-state index contributed by atoms with van der Waals surface area (Å²) in [6.45, 7) is 1.95. The number of rotatable bonds is 3. The Hall–Kier alpha value is -3.27. The van der Waals surface area contributed by atoms with E-state index in [0.717, 1.165) is 18.9 Å². The second-order valence-electron chi connectivity index (χ2n) is 8.58. The summed E-state index contributed by atoms with van der Waals surface area (Å²) < 4.78 is 34.3. The Bertz CT molecular complexity index is 1190. The Kier molecular flexibility index (Phi) is 4.77. The SMILES string of the molecule is C[C@H]1C[C@H]2C[C@@H]1OC1Cn3cc(C(=O)NCc4ccc(F)cc4F)c(=O)c(O)c3C(=O)N12. The third kappa shape index (κ3) is 3.17. The summed E-state index contributed by atoms with van der Waals surface area (Å²) in [6, 6.07) is 2.92. The van der Waals surface area contributed by atoms with Crippen molar-refractivity contribution in [1.29, 1.82) is 0 Å². The number of nitrogens with zero attached hydrogens (tertiary/aromatic N) is 2. The number of fused-ring (bicyclic) bond motifs is 5. The van der Waals surface area contributed by atoms with Crippen molar-refractivity contribution in [3.05, 3.63) is 63.1 Å². The first-order valence-electron chi connectivity index (χ1n) is 10.4. The van der Waals surface area contributed by atoms with Crippen molar-refractivity contribution in [3.63, 3.8) is 0 Å². The van der Waals surface area contributed by atoms with Gasteiger partial charge in [0.1, 0.15) is 17.2 Å². The maximum atomic E-state index is 13.8. The second-order valence-corrected chi connectivity index (χ2v) is 8.58. The highest BCUT2D eigenvalue weighted by Gasteiger charge is 2.50. The molecule has 2 fully saturated rings. The van der Waals surface area contributed by atoms with Gasteiger partial charge in [0.25, 0.3) is 11.8 Å². The highest BCUT2D eigenvalue weighted by molar-refractivity contribution is 5.99. The summed E-state index contributed by atoms with van der Waals surface area (Å²) in [5.74, 6) is -3.45. The molecule has 1 aliphatic carbocycles. The van der Waals surface area contributed by atoms with Crippen LogP contribution in [0, 0.1) is 17.6 Å². The van der Waals surface area contributed by atoms with Gasteiger partial charge in [0.2, 0.25) is 5.43 Å². The van der Waals surface area contributed by atoms with Crippen LogP contribution in [-0.2, 0) is 17.8 Å². The van der Waals surface area contributed by atoms with Crippen LogP contribution in [-0.4, -0.2) is 44.8 Å². The van der Waals surface area contributed by atoms with E-state index in [2.05, 4.69) is 12.2 Å². The Balaban J connectivity index is 1.43. The lowest BCUT2D eigenvalue weighted by molar-refractivity contribution is -0.138. The van der Waals surface area contributed by atoms with Gasteiger partial charge in [-0.3, -0.25) is 14.4 Å². The lowest BCUT2D eigenvalue weighted by Crippen LogP contribution is -2.57. The molecule has 1 saturated carbocycles. The van der Waals surface area contributed by atoms with Crippen molar-refractivity contribution in [2.45, 2.75) is 51.2 Å². The van der Waals surface area contributed by atoms with E-state index in [1.165, 1.54) is 16.8 Å². The number of pyridine rings is 1. The minimum absolute atomic E-state index is 0.0157. The molecule has 3 heterocycles. The summed E-state index contributed by atoms with van der Waals surface area (Å²) in [6.07, 6.45) is 2.21. The van der Waals surface area contributed by atoms with E-state index in [1.54, 1.807) is 4.90 Å². The highest BCUT2D eigenvalue weighted by Crippen LogP contribution is 2.41. The topological polar surface area (TPSA) is 101 Å². The molecule has 32 heavy (non-hydrogen) atoms. The van der Waals surface area contributed by atoms with E-state index in [-0.39, 0.29) is 42.1 Å². The molecule has 2 aromatic rings. The van der Waals surface area contributed by atoms with Crippen LogP contribution in [0.15, 0.2) is 29.2 Å². The van der Waals surface area contributed by atoms with E-state index in [4.69, 9.17) is 4.74 Å². The zero-order valence-electron chi connectivity index (χ0n) is 17.2. The largest absolute Gasteiger partial charge is 0.503 e. The molecule has 4 atom stereocenters. The molecule has 3 aliphatic rings. The zero-order chi connectivity index (χ0) is 22.7. The van der Waals surface area contributed by atoms with Crippen LogP contribution in [0.1, 0.15) is 46.2 Å². The number of hydrogen-bond acceptors (Lipinski definition) is 5. The molecule has 0 spiro atoms. The van der Waals surface area contributed by atoms with Gasteiger partial charge in [-0.05, 0) is 24.8 Å². The highest BCUT2D eigenvalue weighted by atomic mass is 19.1. The predicted octanol–water partition coefficient (Wildman–Crippen LogP) is 1.74. The molecule has 1 saturated heterocycles. The van der Waals surface area contributed by atoms with E-state index < -0.39 is 40.9 Å². The molecular formula is C22H21F2N3O5. The van der Waals surface area contributed by atoms with Crippen LogP contribution in [0.4, 0.5) is 8.78 Å². The molecule has 0 radical (unpaired) electrons. The van der Waals surface area contributed by atoms with Gasteiger partial charge in [-0.25, -0.2) is 8.78 Å². The number of hydrogen-bond donors (Lipinski definition) is 2. The Morgan fingerprint density at radius 2 is 2.06 bits per heavy atom. The first-order chi connectivity index (χ1) is 15.2. The van der Waals surface area contributed by atoms with E-state index in [1.807, 2.05) is 0 Å². The maximum Gasteiger partial charge on any atom is 0.276 e. The van der Waals surface area contributed by atoms with Gasteiger partial charge < -0.3 is 24.6 Å². The standard InChI is InChI=1S/C22H21F2N3O5/c1-10-4-13-6-16(10)32-17-9-26-8-14(19(28)20(29)18(26)22(31)27(13)17)21(30)25-7-11-2-3-12(23)5-15(11)24/h2-3,5,8,10,13,16-17,29H,4,6-7,9H2,1H3,(H,25,30)/t10-,13-,16-,17?/m0/s1. The number of nitrogens with one attached hydrogen (secondary N) is 1. The second kappa shape index (κ2) is 7.40. The molecule has 10 heteroatoms. The Morgan fingerprint density at radius 1 is 1.28 bits per heavy atom. The molecular weight excluding hydrogens is 424 g/mol. The summed E-state index contributed by atoms with van der Waals surface area (Å²) in [7, 11) is 0. The molecule has 168 valence electrons. The number of carbonyl (C=O) groups excluding carboxylic acids is 2. The fraction of sp³-hybridized carbons (Fsp3) is 0.409. The van der Waals surface area contributed by atoms with Gasteiger partial charge in [-0.1, -0.05) is 13.0 Å². The van der Waals surface area contributed by atoms with Gasteiger partial charge in [-0.15, -0.1) is 0 Å². The zero-order valence-corrected chi connectivity index (χ0v) is 17.2. The lowest BCUT2D eigenvalue weighted by atomic mass is 10.1. The van der Waals surface area contributed by atoms with Gasteiger partial charge in [-0.2, -0.15) is 0 Å². The maximum absolute atomic E-state index is 13.8. The van der Waals surface area contributed by atoms with Gasteiger partial charge in [0, 0.05) is 30.4 Å². The van der Waals surface area contributed by atoms with Crippen LogP contribution in [0.5, 0.6) is 5.75 Å². The Labute approximate surface area is 181 Å². The number of halogens is 2. The molecule has 1 aromatic heterocycles. The number of ether oxygens (including phenoxy) is 1. The number of amides is 2. The normalized spacial score (nSPS) is 26.0. The van der Waals surface area contributed by atoms with Crippen LogP contribution in [0.3, 0.4) is 0 Å². The van der Waals surface area contributed by atoms with Crippen LogP contribution < -0.4 is 10.7 Å². The fourth-order valence-corrected chi connectivity index (χ4v) is 4.93. The average Bonchev–Trinajstić information content (AvgIpc) is 3.03. The molecule has 2 aliphatic heterocycles. The number of aromatic nitrogens is 1. The van der Waals surface area contributed by atoms with Gasteiger partial charge in [0.05, 0.1) is 12.6 Å². The molecule has 8 nitrogen and oxygen atoms in total. The Morgan fingerprint density at radius 3 is 2.81 bits per heavy atom. The van der Waals surface area contributed by atoms with Crippen molar-refractivity contribution in [2.24, 2.45) is 5.92 Å².